The number of nitrogens with two attached hydrogens (primary N) is 1. The van der Waals surface area contributed by atoms with Crippen LogP contribution in [0.3, 0.4) is 0 Å². The van der Waals surface area contributed by atoms with Crippen LogP contribution in [0.4, 0.5) is 11.4 Å². The minimum absolute atomic E-state index is 0.0459. The van der Waals surface area contributed by atoms with Gasteiger partial charge in [0.2, 0.25) is 6.79 Å². The first-order valence-electron chi connectivity index (χ1n) is 6.81. The molecule has 2 aromatic rings. The van der Waals surface area contributed by atoms with Gasteiger partial charge in [-0.2, -0.15) is 5.10 Å². The van der Waals surface area contributed by atoms with E-state index < -0.39 is 10.8 Å². The lowest BCUT2D eigenvalue weighted by molar-refractivity contribution is -0.384. The van der Waals surface area contributed by atoms with Gasteiger partial charge in [-0.15, -0.1) is 0 Å². The highest BCUT2D eigenvalue weighted by molar-refractivity contribution is 5.96. The largest absolute Gasteiger partial charge is 0.454 e. The molecule has 2 aromatic carbocycles. The minimum Gasteiger partial charge on any atom is -0.454 e. The summed E-state index contributed by atoms with van der Waals surface area (Å²) in [5.74, 6) is 0.627. The maximum Gasteiger partial charge on any atom is 0.272 e. The van der Waals surface area contributed by atoms with Gasteiger partial charge in [0, 0.05) is 17.8 Å². The molecule has 3 N–H and O–H groups in total. The zero-order chi connectivity index (χ0) is 17.1. The number of benzene rings is 2. The lowest BCUT2D eigenvalue weighted by atomic mass is 10.1. The second-order valence-corrected chi connectivity index (χ2v) is 4.88. The molecule has 0 fully saturated rings. The molecule has 24 heavy (non-hydrogen) atoms. The lowest BCUT2D eigenvalue weighted by Crippen LogP contribution is -2.18. The number of rotatable bonds is 4. The quantitative estimate of drug-likeness (QED) is 0.380. The second kappa shape index (κ2) is 6.24. The third kappa shape index (κ3) is 3.24. The van der Waals surface area contributed by atoms with Crippen molar-refractivity contribution in [1.82, 2.24) is 5.43 Å². The second-order valence-electron chi connectivity index (χ2n) is 4.88. The molecule has 0 unspecified atom stereocenters. The third-order valence-corrected chi connectivity index (χ3v) is 3.19. The van der Waals surface area contributed by atoms with Gasteiger partial charge in [0.05, 0.1) is 16.7 Å². The smallest absolute Gasteiger partial charge is 0.272 e. The highest BCUT2D eigenvalue weighted by atomic mass is 16.7. The van der Waals surface area contributed by atoms with Crippen LogP contribution >= 0.6 is 0 Å². The monoisotopic (exact) mass is 328 g/mol. The van der Waals surface area contributed by atoms with Gasteiger partial charge in [0.1, 0.15) is 0 Å². The maximum absolute atomic E-state index is 12.0. The SMILES string of the molecule is Nc1cc(C(=O)N/N=C\c2ccc3c(c2)OCO3)cc([N+](=O)[O-])c1. The van der Waals surface area contributed by atoms with Crippen LogP contribution in [0.1, 0.15) is 15.9 Å². The summed E-state index contributed by atoms with van der Waals surface area (Å²) >= 11 is 0. The van der Waals surface area contributed by atoms with Crippen LogP contribution in [0.15, 0.2) is 41.5 Å². The number of carbonyl (C=O) groups is 1. The molecule has 0 saturated heterocycles. The minimum atomic E-state index is -0.622. The van der Waals surface area contributed by atoms with E-state index >= 15 is 0 Å². The van der Waals surface area contributed by atoms with Crippen molar-refractivity contribution in [1.29, 1.82) is 0 Å². The van der Waals surface area contributed by atoms with Gasteiger partial charge in [0.15, 0.2) is 11.5 Å². The number of anilines is 1. The number of ether oxygens (including phenoxy) is 2. The van der Waals surface area contributed by atoms with E-state index in [0.29, 0.717) is 17.1 Å². The topological polar surface area (TPSA) is 129 Å². The summed E-state index contributed by atoms with van der Waals surface area (Å²) in [6.07, 6.45) is 1.42. The Kier molecular flexibility index (Phi) is 3.98. The average molecular weight is 328 g/mol. The normalized spacial score (nSPS) is 12.3. The molecule has 1 heterocycles. The van der Waals surface area contributed by atoms with Crippen LogP contribution < -0.4 is 20.6 Å². The predicted octanol–water partition coefficient (Wildman–Crippen LogP) is 1.67. The number of amides is 1. The van der Waals surface area contributed by atoms with Crippen molar-refractivity contribution in [2.45, 2.75) is 0 Å². The van der Waals surface area contributed by atoms with Gasteiger partial charge in [-0.1, -0.05) is 0 Å². The first-order chi connectivity index (χ1) is 11.5. The number of nitrogens with one attached hydrogen (secondary N) is 1. The Labute approximate surface area is 135 Å². The molecule has 9 nitrogen and oxygen atoms in total. The Bertz CT molecular complexity index is 850. The fourth-order valence-electron chi connectivity index (χ4n) is 2.09. The Hall–Kier alpha value is -3.62. The van der Waals surface area contributed by atoms with Gasteiger partial charge in [-0.3, -0.25) is 14.9 Å². The summed E-state index contributed by atoms with van der Waals surface area (Å²) in [7, 11) is 0. The molecule has 3 rings (SSSR count). The Balaban J connectivity index is 1.70. The number of hydrazone groups is 1. The summed E-state index contributed by atoms with van der Waals surface area (Å²) in [5.41, 5.74) is 8.44. The number of nitro benzene ring substituents is 1. The average Bonchev–Trinajstić information content (AvgIpc) is 3.01. The third-order valence-electron chi connectivity index (χ3n) is 3.19. The zero-order valence-electron chi connectivity index (χ0n) is 12.3. The molecular weight excluding hydrogens is 316 g/mol. The van der Waals surface area contributed by atoms with Crippen molar-refractivity contribution >= 4 is 23.5 Å². The van der Waals surface area contributed by atoms with Crippen LogP contribution in [0.2, 0.25) is 0 Å². The van der Waals surface area contributed by atoms with Gasteiger partial charge < -0.3 is 15.2 Å². The van der Waals surface area contributed by atoms with Gasteiger partial charge in [-0.05, 0) is 29.8 Å². The summed E-state index contributed by atoms with van der Waals surface area (Å²) < 4.78 is 10.4. The molecule has 1 aliphatic heterocycles. The van der Waals surface area contributed by atoms with Gasteiger partial charge >= 0.3 is 0 Å². The molecule has 1 amide bonds. The van der Waals surface area contributed by atoms with E-state index in [-0.39, 0.29) is 23.7 Å². The zero-order valence-corrected chi connectivity index (χ0v) is 12.3. The van der Waals surface area contributed by atoms with Crippen molar-refractivity contribution in [3.63, 3.8) is 0 Å². The lowest BCUT2D eigenvalue weighted by Gasteiger charge is -2.02. The molecule has 0 saturated carbocycles. The number of nitro groups is 1. The van der Waals surface area contributed by atoms with Crippen molar-refractivity contribution in [2.75, 3.05) is 12.5 Å². The number of fused-ring (bicyclic) bond motifs is 1. The highest BCUT2D eigenvalue weighted by Gasteiger charge is 2.14. The van der Waals surface area contributed by atoms with Crippen molar-refractivity contribution in [3.8, 4) is 11.5 Å². The summed E-state index contributed by atoms with van der Waals surface area (Å²) in [6, 6.07) is 8.82. The van der Waals surface area contributed by atoms with E-state index in [1.807, 2.05) is 0 Å². The Morgan fingerprint density at radius 1 is 1.25 bits per heavy atom. The molecule has 0 atom stereocenters. The van der Waals surface area contributed by atoms with E-state index in [9.17, 15) is 14.9 Å². The molecule has 9 heteroatoms. The van der Waals surface area contributed by atoms with Crippen molar-refractivity contribution in [2.24, 2.45) is 5.10 Å². The van der Waals surface area contributed by atoms with Crippen molar-refractivity contribution in [3.05, 3.63) is 57.6 Å². The van der Waals surface area contributed by atoms with Crippen LogP contribution in [-0.2, 0) is 0 Å². The molecule has 0 radical (unpaired) electrons. The fraction of sp³-hybridized carbons (Fsp3) is 0.0667. The first-order valence-corrected chi connectivity index (χ1v) is 6.81. The number of nitrogens with zero attached hydrogens (tertiary/aromatic N) is 2. The Morgan fingerprint density at radius 3 is 2.83 bits per heavy atom. The molecule has 0 aliphatic carbocycles. The predicted molar refractivity (Wildman–Crippen MR) is 85.1 cm³/mol. The number of hydrogen-bond donors (Lipinski definition) is 2. The van der Waals surface area contributed by atoms with Crippen LogP contribution in [0.25, 0.3) is 0 Å². The number of non-ortho nitro benzene ring substituents is 1. The highest BCUT2D eigenvalue weighted by Crippen LogP contribution is 2.31. The van der Waals surface area contributed by atoms with Crippen LogP contribution in [0, 0.1) is 10.1 Å². The number of hydrogen-bond acceptors (Lipinski definition) is 7. The number of nitrogen functional groups attached to an aromatic ring is 1. The van der Waals surface area contributed by atoms with E-state index in [1.165, 1.54) is 18.3 Å². The molecular formula is C15H12N4O5. The molecule has 0 spiro atoms. The van der Waals surface area contributed by atoms with Gasteiger partial charge in [-0.25, -0.2) is 5.43 Å². The molecule has 0 aromatic heterocycles. The van der Waals surface area contributed by atoms with Crippen LogP contribution in [0.5, 0.6) is 11.5 Å². The van der Waals surface area contributed by atoms with Crippen LogP contribution in [-0.4, -0.2) is 23.8 Å². The summed E-state index contributed by atoms with van der Waals surface area (Å²) in [6.45, 7) is 0.168. The van der Waals surface area contributed by atoms with E-state index in [1.54, 1.807) is 18.2 Å². The first kappa shape index (κ1) is 15.3. The molecule has 0 bridgehead atoms. The van der Waals surface area contributed by atoms with E-state index in [2.05, 4.69) is 10.5 Å². The fourth-order valence-corrected chi connectivity index (χ4v) is 2.09. The maximum atomic E-state index is 12.0. The summed E-state index contributed by atoms with van der Waals surface area (Å²) in [4.78, 5) is 22.2. The number of carbonyl (C=O) groups excluding carboxylic acids is 1. The molecule has 122 valence electrons. The Morgan fingerprint density at radius 2 is 2.04 bits per heavy atom. The van der Waals surface area contributed by atoms with Gasteiger partial charge in [0.25, 0.3) is 11.6 Å². The standard InChI is InChI=1S/C15H12N4O5/c16-11-4-10(5-12(6-11)19(21)22)15(20)18-17-7-9-1-2-13-14(3-9)24-8-23-13/h1-7H,8,16H2,(H,18,20)/b17-7-. The summed E-state index contributed by atoms with van der Waals surface area (Å²) in [5, 5.41) is 14.6. The molecule has 1 aliphatic rings. The van der Waals surface area contributed by atoms with Crippen molar-refractivity contribution < 1.29 is 19.2 Å². The van der Waals surface area contributed by atoms with E-state index in [4.69, 9.17) is 15.2 Å². The van der Waals surface area contributed by atoms with E-state index in [0.717, 1.165) is 6.07 Å².